The van der Waals surface area contributed by atoms with E-state index in [0.29, 0.717) is 5.56 Å². The molecule has 3 N–H and O–H groups in total. The number of carbonyl (C=O) groups is 3. The number of hydrogen-bond acceptors (Lipinski definition) is 3. The van der Waals surface area contributed by atoms with E-state index in [-0.39, 0.29) is 12.8 Å². The molecule has 0 radical (unpaired) electrons. The van der Waals surface area contributed by atoms with Gasteiger partial charge in [0.25, 0.3) is 0 Å². The number of benzene rings is 2. The van der Waals surface area contributed by atoms with Crippen molar-refractivity contribution in [3.8, 4) is 0 Å². The van der Waals surface area contributed by atoms with Crippen molar-refractivity contribution in [2.45, 2.75) is 31.8 Å². The normalized spacial score (nSPS) is 12.7. The van der Waals surface area contributed by atoms with E-state index in [2.05, 4.69) is 10.6 Å². The van der Waals surface area contributed by atoms with Crippen LogP contribution in [0.3, 0.4) is 0 Å². The average molecular weight is 372 g/mol. The Labute approximate surface area is 156 Å². The highest BCUT2D eigenvalue weighted by atomic mass is 19.1. The average Bonchev–Trinajstić information content (AvgIpc) is 2.61. The van der Waals surface area contributed by atoms with E-state index in [1.165, 1.54) is 25.1 Å². The number of carboxylic acid groups (broad SMARTS) is 1. The molecule has 142 valence electrons. The summed E-state index contributed by atoms with van der Waals surface area (Å²) in [5.41, 5.74) is 1.27. The molecule has 2 rings (SSSR count). The van der Waals surface area contributed by atoms with Gasteiger partial charge in [0.05, 0.1) is 0 Å². The van der Waals surface area contributed by atoms with Crippen LogP contribution in [0.2, 0.25) is 0 Å². The lowest BCUT2D eigenvalue weighted by molar-refractivity contribution is -0.142. The van der Waals surface area contributed by atoms with Gasteiger partial charge in [0.1, 0.15) is 17.9 Å². The SMILES string of the molecule is CC(=O)N[C@H](Cc1cccc(F)c1)C(=O)N[C@@H](Cc1ccccc1)C(=O)O. The molecular weight excluding hydrogens is 351 g/mol. The number of nitrogens with one attached hydrogen (secondary N) is 2. The van der Waals surface area contributed by atoms with Crippen molar-refractivity contribution in [2.75, 3.05) is 0 Å². The van der Waals surface area contributed by atoms with Crippen molar-refractivity contribution in [1.82, 2.24) is 10.6 Å². The van der Waals surface area contributed by atoms with Crippen LogP contribution in [0.5, 0.6) is 0 Å². The molecule has 6 nitrogen and oxygen atoms in total. The first-order valence-electron chi connectivity index (χ1n) is 8.44. The first-order valence-corrected chi connectivity index (χ1v) is 8.44. The molecule has 2 amide bonds. The zero-order chi connectivity index (χ0) is 19.8. The van der Waals surface area contributed by atoms with E-state index < -0.39 is 35.7 Å². The highest BCUT2D eigenvalue weighted by Crippen LogP contribution is 2.08. The van der Waals surface area contributed by atoms with Gasteiger partial charge in [-0.1, -0.05) is 42.5 Å². The fourth-order valence-corrected chi connectivity index (χ4v) is 2.68. The molecule has 0 aromatic heterocycles. The zero-order valence-electron chi connectivity index (χ0n) is 14.8. The molecule has 0 heterocycles. The fourth-order valence-electron chi connectivity index (χ4n) is 2.68. The molecule has 0 aliphatic rings. The van der Waals surface area contributed by atoms with E-state index in [1.54, 1.807) is 30.3 Å². The van der Waals surface area contributed by atoms with Crippen molar-refractivity contribution in [3.63, 3.8) is 0 Å². The minimum atomic E-state index is -1.18. The first-order chi connectivity index (χ1) is 12.8. The Balaban J connectivity index is 2.12. The van der Waals surface area contributed by atoms with Gasteiger partial charge < -0.3 is 15.7 Å². The third-order valence-electron chi connectivity index (χ3n) is 3.92. The molecule has 27 heavy (non-hydrogen) atoms. The minimum absolute atomic E-state index is 0.0425. The number of carboxylic acids is 1. The number of hydrogen-bond donors (Lipinski definition) is 3. The number of halogens is 1. The molecule has 0 saturated carbocycles. The van der Waals surface area contributed by atoms with Crippen LogP contribution < -0.4 is 10.6 Å². The van der Waals surface area contributed by atoms with Gasteiger partial charge in [0.2, 0.25) is 11.8 Å². The fraction of sp³-hybridized carbons (Fsp3) is 0.250. The highest BCUT2D eigenvalue weighted by Gasteiger charge is 2.26. The maximum Gasteiger partial charge on any atom is 0.326 e. The highest BCUT2D eigenvalue weighted by molar-refractivity contribution is 5.90. The number of amides is 2. The molecule has 0 aliphatic carbocycles. The summed E-state index contributed by atoms with van der Waals surface area (Å²) in [5.74, 6) is -2.72. The molecule has 0 bridgehead atoms. The Morgan fingerprint density at radius 3 is 2.15 bits per heavy atom. The second-order valence-electron chi connectivity index (χ2n) is 6.18. The molecule has 2 atom stereocenters. The number of aliphatic carboxylic acids is 1. The Bertz CT molecular complexity index is 811. The topological polar surface area (TPSA) is 95.5 Å². The summed E-state index contributed by atoms with van der Waals surface area (Å²) in [7, 11) is 0. The van der Waals surface area contributed by atoms with Crippen LogP contribution in [0.1, 0.15) is 18.1 Å². The molecule has 0 saturated heterocycles. The van der Waals surface area contributed by atoms with E-state index in [1.807, 2.05) is 6.07 Å². The summed E-state index contributed by atoms with van der Waals surface area (Å²) in [6.07, 6.45) is 0.148. The van der Waals surface area contributed by atoms with Gasteiger partial charge in [0.15, 0.2) is 0 Å². The largest absolute Gasteiger partial charge is 0.480 e. The van der Waals surface area contributed by atoms with E-state index >= 15 is 0 Å². The van der Waals surface area contributed by atoms with Gasteiger partial charge in [-0.05, 0) is 23.3 Å². The summed E-state index contributed by atoms with van der Waals surface area (Å²) in [6.45, 7) is 1.25. The van der Waals surface area contributed by atoms with Gasteiger partial charge in [-0.25, -0.2) is 9.18 Å². The third-order valence-corrected chi connectivity index (χ3v) is 3.92. The summed E-state index contributed by atoms with van der Waals surface area (Å²) in [6, 6.07) is 12.4. The van der Waals surface area contributed by atoms with Gasteiger partial charge in [-0.2, -0.15) is 0 Å². The summed E-state index contributed by atoms with van der Waals surface area (Å²) in [5, 5.41) is 14.4. The summed E-state index contributed by atoms with van der Waals surface area (Å²) >= 11 is 0. The molecule has 2 aromatic carbocycles. The predicted octanol–water partition coefficient (Wildman–Crippen LogP) is 1.68. The van der Waals surface area contributed by atoms with Crippen molar-refractivity contribution >= 4 is 17.8 Å². The van der Waals surface area contributed by atoms with Crippen LogP contribution in [-0.4, -0.2) is 35.0 Å². The van der Waals surface area contributed by atoms with Crippen molar-refractivity contribution < 1.29 is 23.9 Å². The zero-order valence-corrected chi connectivity index (χ0v) is 14.8. The Hall–Kier alpha value is -3.22. The molecule has 7 heteroatoms. The summed E-state index contributed by atoms with van der Waals surface area (Å²) < 4.78 is 13.4. The Morgan fingerprint density at radius 2 is 1.56 bits per heavy atom. The molecule has 0 spiro atoms. The van der Waals surface area contributed by atoms with Crippen LogP contribution >= 0.6 is 0 Å². The second kappa shape index (κ2) is 9.47. The van der Waals surface area contributed by atoms with E-state index in [4.69, 9.17) is 0 Å². The maximum atomic E-state index is 13.4. The van der Waals surface area contributed by atoms with Gasteiger partial charge in [-0.15, -0.1) is 0 Å². The molecule has 0 fully saturated rings. The van der Waals surface area contributed by atoms with Crippen LogP contribution in [0, 0.1) is 5.82 Å². The van der Waals surface area contributed by atoms with E-state index in [9.17, 15) is 23.9 Å². The quantitative estimate of drug-likeness (QED) is 0.657. The van der Waals surface area contributed by atoms with Crippen LogP contribution in [-0.2, 0) is 27.2 Å². The van der Waals surface area contributed by atoms with E-state index in [0.717, 1.165) is 5.56 Å². The molecule has 0 aliphatic heterocycles. The van der Waals surface area contributed by atoms with Crippen LogP contribution in [0.15, 0.2) is 54.6 Å². The van der Waals surface area contributed by atoms with Crippen molar-refractivity contribution in [2.24, 2.45) is 0 Å². The second-order valence-corrected chi connectivity index (χ2v) is 6.18. The van der Waals surface area contributed by atoms with Crippen molar-refractivity contribution in [3.05, 3.63) is 71.5 Å². The predicted molar refractivity (Wildman–Crippen MR) is 97.4 cm³/mol. The van der Waals surface area contributed by atoms with Gasteiger partial charge in [-0.3, -0.25) is 9.59 Å². The van der Waals surface area contributed by atoms with Crippen LogP contribution in [0.25, 0.3) is 0 Å². The standard InChI is InChI=1S/C20H21FN2O4/c1-13(24)22-17(12-15-8-5-9-16(21)10-15)19(25)23-18(20(26)27)11-14-6-3-2-4-7-14/h2-10,17-18H,11-12H2,1H3,(H,22,24)(H,23,25)(H,26,27)/t17-,18+/m1/s1. The first kappa shape index (κ1) is 20.1. The lowest BCUT2D eigenvalue weighted by atomic mass is 10.0. The molecule has 2 aromatic rings. The van der Waals surface area contributed by atoms with Gasteiger partial charge >= 0.3 is 5.97 Å². The number of rotatable bonds is 8. The summed E-state index contributed by atoms with van der Waals surface area (Å²) in [4.78, 5) is 35.6. The Morgan fingerprint density at radius 1 is 0.926 bits per heavy atom. The van der Waals surface area contributed by atoms with Crippen LogP contribution in [0.4, 0.5) is 4.39 Å². The third kappa shape index (κ3) is 6.54. The minimum Gasteiger partial charge on any atom is -0.480 e. The lowest BCUT2D eigenvalue weighted by Crippen LogP contribution is -2.52. The Kier molecular flexibility index (Phi) is 7.05. The maximum absolute atomic E-state index is 13.4. The lowest BCUT2D eigenvalue weighted by Gasteiger charge is -2.21. The van der Waals surface area contributed by atoms with Gasteiger partial charge in [0, 0.05) is 19.8 Å². The molecular formula is C20H21FN2O4. The monoisotopic (exact) mass is 372 g/mol. The van der Waals surface area contributed by atoms with Crippen molar-refractivity contribution in [1.29, 1.82) is 0 Å². The number of carbonyl (C=O) groups excluding carboxylic acids is 2. The smallest absolute Gasteiger partial charge is 0.326 e. The molecule has 0 unspecified atom stereocenters.